The summed E-state index contributed by atoms with van der Waals surface area (Å²) in [4.78, 5) is 2.26. The molecule has 0 amide bonds. The Kier molecular flexibility index (Phi) is 6.47. The van der Waals surface area contributed by atoms with Gasteiger partial charge < -0.3 is 9.64 Å². The highest BCUT2D eigenvalue weighted by molar-refractivity contribution is 5.31. The number of hydrogen-bond donors (Lipinski definition) is 0. The van der Waals surface area contributed by atoms with Crippen molar-refractivity contribution in [1.82, 2.24) is 4.90 Å². The number of rotatable bonds is 8. The van der Waals surface area contributed by atoms with Crippen molar-refractivity contribution >= 4 is 0 Å². The predicted molar refractivity (Wildman–Crippen MR) is 93.7 cm³/mol. The Bertz CT molecular complexity index is 551. The molecule has 2 heteroatoms. The second kappa shape index (κ2) is 8.60. The van der Waals surface area contributed by atoms with Crippen LogP contribution in [0.25, 0.3) is 0 Å². The topological polar surface area (TPSA) is 12.5 Å². The van der Waals surface area contributed by atoms with Crippen molar-refractivity contribution < 1.29 is 4.74 Å². The van der Waals surface area contributed by atoms with Gasteiger partial charge in [0.25, 0.3) is 0 Å². The van der Waals surface area contributed by atoms with Gasteiger partial charge in [-0.25, -0.2) is 0 Å². The van der Waals surface area contributed by atoms with Gasteiger partial charge in [-0.2, -0.15) is 0 Å². The van der Waals surface area contributed by atoms with Gasteiger partial charge >= 0.3 is 0 Å². The molecule has 2 aromatic rings. The van der Waals surface area contributed by atoms with Crippen LogP contribution in [0.5, 0.6) is 5.75 Å². The van der Waals surface area contributed by atoms with Crippen molar-refractivity contribution in [2.45, 2.75) is 25.7 Å². The molecule has 22 heavy (non-hydrogen) atoms. The van der Waals surface area contributed by atoms with Gasteiger partial charge in [-0.15, -0.1) is 0 Å². The molecule has 0 aromatic heterocycles. The maximum absolute atomic E-state index is 5.62. The monoisotopic (exact) mass is 297 g/mol. The van der Waals surface area contributed by atoms with E-state index in [0.29, 0.717) is 12.5 Å². The molecule has 2 rings (SSSR count). The molecule has 118 valence electrons. The van der Waals surface area contributed by atoms with Gasteiger partial charge in [-0.05, 0) is 69.6 Å². The second-order valence-electron chi connectivity index (χ2n) is 5.98. The molecule has 0 radical (unpaired) electrons. The van der Waals surface area contributed by atoms with Gasteiger partial charge in [0.1, 0.15) is 5.75 Å². The Labute approximate surface area is 134 Å². The molecule has 0 bridgehead atoms. The Morgan fingerprint density at radius 1 is 1.00 bits per heavy atom. The molecule has 0 heterocycles. The van der Waals surface area contributed by atoms with Crippen LogP contribution in [0.1, 0.15) is 30.4 Å². The maximum atomic E-state index is 5.62. The molecule has 0 aliphatic rings. The van der Waals surface area contributed by atoms with Crippen LogP contribution < -0.4 is 4.74 Å². The lowest BCUT2D eigenvalue weighted by molar-refractivity contribution is 0.339. The molecule has 0 spiro atoms. The SMILES string of the molecule is CCOc1cccc(CC(CCN(C)C)c2ccccc2)c1. The maximum Gasteiger partial charge on any atom is 0.119 e. The van der Waals surface area contributed by atoms with E-state index in [9.17, 15) is 0 Å². The lowest BCUT2D eigenvalue weighted by Gasteiger charge is -2.20. The van der Waals surface area contributed by atoms with Gasteiger partial charge in [0, 0.05) is 0 Å². The molecule has 0 fully saturated rings. The second-order valence-corrected chi connectivity index (χ2v) is 5.98. The summed E-state index contributed by atoms with van der Waals surface area (Å²) in [6.45, 7) is 3.84. The van der Waals surface area contributed by atoms with Crippen molar-refractivity contribution in [2.24, 2.45) is 0 Å². The van der Waals surface area contributed by atoms with Crippen LogP contribution in [0.15, 0.2) is 54.6 Å². The van der Waals surface area contributed by atoms with Gasteiger partial charge in [0.05, 0.1) is 6.61 Å². The first kappa shape index (κ1) is 16.6. The third-order valence-electron chi connectivity index (χ3n) is 3.89. The number of hydrogen-bond acceptors (Lipinski definition) is 2. The van der Waals surface area contributed by atoms with E-state index >= 15 is 0 Å². The highest BCUT2D eigenvalue weighted by Crippen LogP contribution is 2.26. The van der Waals surface area contributed by atoms with E-state index in [1.165, 1.54) is 11.1 Å². The fourth-order valence-corrected chi connectivity index (χ4v) is 2.74. The molecule has 0 aliphatic heterocycles. The molecule has 2 aromatic carbocycles. The van der Waals surface area contributed by atoms with Crippen LogP contribution in [-0.4, -0.2) is 32.1 Å². The average molecular weight is 297 g/mol. The minimum atomic E-state index is 0.542. The van der Waals surface area contributed by atoms with Crippen molar-refractivity contribution in [3.05, 3.63) is 65.7 Å². The molecular weight excluding hydrogens is 270 g/mol. The summed E-state index contributed by atoms with van der Waals surface area (Å²) in [5, 5.41) is 0. The molecule has 0 aliphatic carbocycles. The first-order chi connectivity index (χ1) is 10.7. The molecule has 0 N–H and O–H groups in total. The normalized spacial score (nSPS) is 12.4. The first-order valence-electron chi connectivity index (χ1n) is 8.10. The third kappa shape index (κ3) is 5.19. The number of nitrogens with zero attached hydrogens (tertiary/aromatic N) is 1. The summed E-state index contributed by atoms with van der Waals surface area (Å²) in [6, 6.07) is 19.3. The van der Waals surface area contributed by atoms with Crippen LogP contribution in [0.3, 0.4) is 0 Å². The van der Waals surface area contributed by atoms with Crippen LogP contribution >= 0.6 is 0 Å². The van der Waals surface area contributed by atoms with E-state index in [0.717, 1.165) is 25.1 Å². The average Bonchev–Trinajstić information content (AvgIpc) is 2.53. The van der Waals surface area contributed by atoms with Crippen molar-refractivity contribution in [2.75, 3.05) is 27.2 Å². The van der Waals surface area contributed by atoms with Crippen LogP contribution in [0.2, 0.25) is 0 Å². The highest BCUT2D eigenvalue weighted by atomic mass is 16.5. The zero-order valence-corrected chi connectivity index (χ0v) is 14.0. The number of ether oxygens (including phenoxy) is 1. The van der Waals surface area contributed by atoms with E-state index in [-0.39, 0.29) is 0 Å². The van der Waals surface area contributed by atoms with E-state index in [2.05, 4.69) is 67.5 Å². The fraction of sp³-hybridized carbons (Fsp3) is 0.400. The van der Waals surface area contributed by atoms with Crippen molar-refractivity contribution in [3.63, 3.8) is 0 Å². The summed E-state index contributed by atoms with van der Waals surface area (Å²) >= 11 is 0. The van der Waals surface area contributed by atoms with E-state index < -0.39 is 0 Å². The van der Waals surface area contributed by atoms with Gasteiger partial charge in [-0.3, -0.25) is 0 Å². The number of benzene rings is 2. The Hall–Kier alpha value is -1.80. The molecule has 0 saturated heterocycles. The zero-order valence-electron chi connectivity index (χ0n) is 14.0. The fourth-order valence-electron chi connectivity index (χ4n) is 2.74. The van der Waals surface area contributed by atoms with Gasteiger partial charge in [0.2, 0.25) is 0 Å². The van der Waals surface area contributed by atoms with Crippen molar-refractivity contribution in [3.8, 4) is 5.75 Å². The lowest BCUT2D eigenvalue weighted by Crippen LogP contribution is -2.17. The quantitative estimate of drug-likeness (QED) is 0.717. The third-order valence-corrected chi connectivity index (χ3v) is 3.89. The van der Waals surface area contributed by atoms with Crippen molar-refractivity contribution in [1.29, 1.82) is 0 Å². The summed E-state index contributed by atoms with van der Waals surface area (Å²) < 4.78 is 5.62. The smallest absolute Gasteiger partial charge is 0.119 e. The molecule has 2 nitrogen and oxygen atoms in total. The summed E-state index contributed by atoms with van der Waals surface area (Å²) in [7, 11) is 4.27. The minimum absolute atomic E-state index is 0.542. The summed E-state index contributed by atoms with van der Waals surface area (Å²) in [6.07, 6.45) is 2.22. The Morgan fingerprint density at radius 3 is 2.45 bits per heavy atom. The molecular formula is C20H27NO. The summed E-state index contributed by atoms with van der Waals surface area (Å²) in [5.74, 6) is 1.51. The van der Waals surface area contributed by atoms with Crippen LogP contribution in [0, 0.1) is 0 Å². The Morgan fingerprint density at radius 2 is 1.77 bits per heavy atom. The minimum Gasteiger partial charge on any atom is -0.494 e. The largest absolute Gasteiger partial charge is 0.494 e. The zero-order chi connectivity index (χ0) is 15.8. The van der Waals surface area contributed by atoms with E-state index in [4.69, 9.17) is 4.74 Å². The first-order valence-corrected chi connectivity index (χ1v) is 8.10. The Balaban J connectivity index is 2.13. The molecule has 0 saturated carbocycles. The van der Waals surface area contributed by atoms with Crippen LogP contribution in [0.4, 0.5) is 0 Å². The lowest BCUT2D eigenvalue weighted by atomic mass is 9.89. The standard InChI is InChI=1S/C20H27NO/c1-4-22-20-12-8-9-17(16-20)15-19(13-14-21(2)3)18-10-6-5-7-11-18/h5-12,16,19H,4,13-15H2,1-3H3. The van der Waals surface area contributed by atoms with Gasteiger partial charge in [-0.1, -0.05) is 42.5 Å². The predicted octanol–water partition coefficient (Wildman–Crippen LogP) is 4.36. The van der Waals surface area contributed by atoms with E-state index in [1.54, 1.807) is 0 Å². The summed E-state index contributed by atoms with van der Waals surface area (Å²) in [5.41, 5.74) is 2.77. The molecule has 1 atom stereocenters. The van der Waals surface area contributed by atoms with Gasteiger partial charge in [0.15, 0.2) is 0 Å². The van der Waals surface area contributed by atoms with E-state index in [1.807, 2.05) is 13.0 Å². The highest BCUT2D eigenvalue weighted by Gasteiger charge is 2.13. The molecule has 1 unspecified atom stereocenters. The van der Waals surface area contributed by atoms with Crippen LogP contribution in [-0.2, 0) is 6.42 Å².